The van der Waals surface area contributed by atoms with Crippen LogP contribution in [0.4, 0.5) is 0 Å². The second-order valence-corrected chi connectivity index (χ2v) is 7.19. The van der Waals surface area contributed by atoms with Gasteiger partial charge in [0.15, 0.2) is 0 Å². The number of rotatable bonds is 7. The van der Waals surface area contributed by atoms with E-state index in [2.05, 4.69) is 5.32 Å². The fraction of sp³-hybridized carbons (Fsp3) is 0.263. The van der Waals surface area contributed by atoms with Gasteiger partial charge in [-0.1, -0.05) is 24.3 Å². The topological polar surface area (TPSA) is 83.5 Å². The Labute approximate surface area is 149 Å². The molecule has 2 atom stereocenters. The first-order valence-electron chi connectivity index (χ1n) is 7.92. The summed E-state index contributed by atoms with van der Waals surface area (Å²) in [6.07, 6.45) is 2.50. The molecule has 0 aliphatic rings. The van der Waals surface area contributed by atoms with Crippen LogP contribution in [-0.4, -0.2) is 27.4 Å². The van der Waals surface area contributed by atoms with Gasteiger partial charge in [0.05, 0.1) is 11.6 Å². The second kappa shape index (κ2) is 8.58. The third-order valence-electron chi connectivity index (χ3n) is 3.93. The van der Waals surface area contributed by atoms with Gasteiger partial charge in [-0.15, -0.1) is 0 Å². The van der Waals surface area contributed by atoms with Gasteiger partial charge in [-0.2, -0.15) is 0 Å². The molecular weight excluding hydrogens is 338 g/mol. The van der Waals surface area contributed by atoms with Crippen molar-refractivity contribution in [2.75, 3.05) is 6.26 Å². The van der Waals surface area contributed by atoms with Gasteiger partial charge < -0.3 is 10.4 Å². The molecule has 0 saturated heterocycles. The van der Waals surface area contributed by atoms with Crippen molar-refractivity contribution in [1.29, 1.82) is 0 Å². The van der Waals surface area contributed by atoms with Crippen molar-refractivity contribution in [3.05, 3.63) is 65.2 Å². The number of benzene rings is 2. The van der Waals surface area contributed by atoms with Crippen molar-refractivity contribution in [2.24, 2.45) is 0 Å². The van der Waals surface area contributed by atoms with E-state index in [1.165, 1.54) is 12.1 Å². The molecule has 0 spiro atoms. The van der Waals surface area contributed by atoms with Crippen LogP contribution in [0.5, 0.6) is 0 Å². The van der Waals surface area contributed by atoms with Crippen molar-refractivity contribution < 1.29 is 18.9 Å². The van der Waals surface area contributed by atoms with E-state index in [4.69, 9.17) is 5.11 Å². The van der Waals surface area contributed by atoms with Crippen molar-refractivity contribution in [3.63, 3.8) is 0 Å². The third-order valence-corrected chi connectivity index (χ3v) is 4.87. The SMILES string of the molecule is CC(NC(=O)CCc1ccc(C(=O)O)cc1)c1ccc(S(C)=O)cc1. The molecule has 2 rings (SSSR count). The number of hydrogen-bond acceptors (Lipinski definition) is 3. The van der Waals surface area contributed by atoms with Gasteiger partial charge in [0.2, 0.25) is 5.91 Å². The molecule has 2 unspecified atom stereocenters. The Morgan fingerprint density at radius 1 is 1.08 bits per heavy atom. The molecule has 132 valence electrons. The van der Waals surface area contributed by atoms with Gasteiger partial charge in [-0.3, -0.25) is 9.00 Å². The fourth-order valence-corrected chi connectivity index (χ4v) is 2.94. The molecule has 1 amide bonds. The van der Waals surface area contributed by atoms with Crippen molar-refractivity contribution in [2.45, 2.75) is 30.7 Å². The monoisotopic (exact) mass is 359 g/mol. The predicted molar refractivity (Wildman–Crippen MR) is 97.1 cm³/mol. The number of carboxylic acid groups (broad SMARTS) is 1. The summed E-state index contributed by atoms with van der Waals surface area (Å²) in [6.45, 7) is 1.90. The number of aromatic carboxylic acids is 1. The molecule has 0 aliphatic heterocycles. The maximum Gasteiger partial charge on any atom is 0.335 e. The molecule has 0 aromatic heterocycles. The Balaban J connectivity index is 1.86. The van der Waals surface area contributed by atoms with Gasteiger partial charge in [0, 0.05) is 28.4 Å². The van der Waals surface area contributed by atoms with Crippen LogP contribution in [0.25, 0.3) is 0 Å². The van der Waals surface area contributed by atoms with Crippen molar-refractivity contribution in [1.82, 2.24) is 5.32 Å². The molecule has 0 saturated carbocycles. The molecule has 25 heavy (non-hydrogen) atoms. The molecule has 0 radical (unpaired) electrons. The Morgan fingerprint density at radius 2 is 1.68 bits per heavy atom. The minimum Gasteiger partial charge on any atom is -0.478 e. The number of carbonyl (C=O) groups is 2. The summed E-state index contributed by atoms with van der Waals surface area (Å²) < 4.78 is 11.4. The lowest BCUT2D eigenvalue weighted by atomic mass is 10.1. The lowest BCUT2D eigenvalue weighted by Crippen LogP contribution is -2.26. The van der Waals surface area contributed by atoms with Gasteiger partial charge in [-0.25, -0.2) is 4.79 Å². The summed E-state index contributed by atoms with van der Waals surface area (Å²) in [6, 6.07) is 13.7. The first-order chi connectivity index (χ1) is 11.9. The Hall–Kier alpha value is -2.47. The minimum atomic E-state index is -1.01. The van der Waals surface area contributed by atoms with Crippen LogP contribution in [0.1, 0.15) is 40.9 Å². The Morgan fingerprint density at radius 3 is 2.20 bits per heavy atom. The highest BCUT2D eigenvalue weighted by Crippen LogP contribution is 2.15. The third kappa shape index (κ3) is 5.53. The fourth-order valence-electron chi connectivity index (χ4n) is 2.42. The van der Waals surface area contributed by atoms with E-state index in [1.54, 1.807) is 30.5 Å². The molecule has 0 bridgehead atoms. The van der Waals surface area contributed by atoms with E-state index < -0.39 is 16.8 Å². The van der Waals surface area contributed by atoms with E-state index in [1.807, 2.05) is 19.1 Å². The van der Waals surface area contributed by atoms with E-state index in [0.29, 0.717) is 12.8 Å². The molecule has 5 nitrogen and oxygen atoms in total. The van der Waals surface area contributed by atoms with E-state index >= 15 is 0 Å². The zero-order valence-electron chi connectivity index (χ0n) is 14.2. The number of carbonyl (C=O) groups excluding carboxylic acids is 1. The molecule has 0 aliphatic carbocycles. The van der Waals surface area contributed by atoms with Crippen molar-refractivity contribution >= 4 is 22.7 Å². The number of nitrogens with one attached hydrogen (secondary N) is 1. The Kier molecular flexibility index (Phi) is 6.47. The normalized spacial score (nSPS) is 13.0. The van der Waals surface area contributed by atoms with Crippen LogP contribution >= 0.6 is 0 Å². The van der Waals surface area contributed by atoms with Crippen LogP contribution in [0, 0.1) is 0 Å². The smallest absolute Gasteiger partial charge is 0.335 e. The first-order valence-corrected chi connectivity index (χ1v) is 9.47. The molecule has 2 aromatic carbocycles. The van der Waals surface area contributed by atoms with E-state index in [9.17, 15) is 13.8 Å². The molecule has 0 fully saturated rings. The molecular formula is C19H21NO4S. The molecule has 6 heteroatoms. The summed E-state index contributed by atoms with van der Waals surface area (Å²) >= 11 is 0. The number of amides is 1. The lowest BCUT2D eigenvalue weighted by Gasteiger charge is -2.14. The summed E-state index contributed by atoms with van der Waals surface area (Å²) in [5.74, 6) is -1.03. The van der Waals surface area contributed by atoms with Crippen molar-refractivity contribution in [3.8, 4) is 0 Å². The minimum absolute atomic E-state index is 0.0713. The quantitative estimate of drug-likeness (QED) is 0.796. The average Bonchev–Trinajstić information content (AvgIpc) is 2.60. The zero-order valence-corrected chi connectivity index (χ0v) is 15.0. The van der Waals surface area contributed by atoms with Crippen LogP contribution in [0.2, 0.25) is 0 Å². The standard InChI is InChI=1S/C19H21NO4S/c1-13(15-8-10-17(11-9-15)25(2)24)20-18(21)12-5-14-3-6-16(7-4-14)19(22)23/h3-4,6-11,13H,5,12H2,1-2H3,(H,20,21)(H,22,23). The van der Waals surface area contributed by atoms with Crippen LogP contribution < -0.4 is 5.32 Å². The predicted octanol–water partition coefficient (Wildman–Crippen LogP) is 2.93. The van der Waals surface area contributed by atoms with Crippen LogP contribution in [0.3, 0.4) is 0 Å². The molecule has 2 N–H and O–H groups in total. The number of hydrogen-bond donors (Lipinski definition) is 2. The number of carboxylic acids is 1. The van der Waals surface area contributed by atoms with Gasteiger partial charge in [0.25, 0.3) is 0 Å². The summed E-state index contributed by atoms with van der Waals surface area (Å²) in [7, 11) is -1.01. The van der Waals surface area contributed by atoms with Crippen LogP contribution in [-0.2, 0) is 22.0 Å². The van der Waals surface area contributed by atoms with E-state index in [-0.39, 0.29) is 17.5 Å². The zero-order chi connectivity index (χ0) is 18.4. The highest BCUT2D eigenvalue weighted by Gasteiger charge is 2.10. The molecule has 2 aromatic rings. The highest BCUT2D eigenvalue weighted by atomic mass is 32.2. The second-order valence-electron chi connectivity index (χ2n) is 5.81. The van der Waals surface area contributed by atoms with Gasteiger partial charge in [0.1, 0.15) is 0 Å². The lowest BCUT2D eigenvalue weighted by molar-refractivity contribution is -0.121. The van der Waals surface area contributed by atoms with Crippen LogP contribution in [0.15, 0.2) is 53.4 Å². The maximum atomic E-state index is 12.1. The number of aryl methyl sites for hydroxylation is 1. The summed E-state index contributed by atoms with van der Waals surface area (Å²) in [5, 5.41) is 11.8. The van der Waals surface area contributed by atoms with E-state index in [0.717, 1.165) is 16.0 Å². The highest BCUT2D eigenvalue weighted by molar-refractivity contribution is 7.84. The summed E-state index contributed by atoms with van der Waals surface area (Å²) in [4.78, 5) is 23.7. The van der Waals surface area contributed by atoms with Gasteiger partial charge >= 0.3 is 5.97 Å². The molecule has 0 heterocycles. The summed E-state index contributed by atoms with van der Waals surface area (Å²) in [5.41, 5.74) is 2.11. The maximum absolute atomic E-state index is 12.1. The first kappa shape index (κ1) is 18.9. The average molecular weight is 359 g/mol. The van der Waals surface area contributed by atoms with Gasteiger partial charge in [-0.05, 0) is 48.7 Å². The largest absolute Gasteiger partial charge is 0.478 e. The Bertz CT molecular complexity index is 769.